The summed E-state index contributed by atoms with van der Waals surface area (Å²) in [7, 11) is 1.87. The lowest BCUT2D eigenvalue weighted by atomic mass is 9.49. The van der Waals surface area contributed by atoms with E-state index in [0.717, 1.165) is 42.0 Å². The number of hydrogen-bond acceptors (Lipinski definition) is 7. The third-order valence-corrected chi connectivity index (χ3v) is 11.7. The van der Waals surface area contributed by atoms with E-state index in [0.29, 0.717) is 42.5 Å². The third kappa shape index (κ3) is 7.22. The summed E-state index contributed by atoms with van der Waals surface area (Å²) in [5, 5.41) is 13.0. The Labute approximate surface area is 306 Å². The predicted molar refractivity (Wildman–Crippen MR) is 193 cm³/mol. The lowest BCUT2D eigenvalue weighted by Crippen LogP contribution is -2.51. The summed E-state index contributed by atoms with van der Waals surface area (Å²) in [6.45, 7) is 4.53. The molecule has 1 saturated heterocycles. The molecule has 0 atom stereocenters. The highest BCUT2D eigenvalue weighted by atomic mass is 19.4. The molecule has 4 saturated carbocycles. The Hall–Kier alpha value is -4.94. The third-order valence-electron chi connectivity index (χ3n) is 11.7. The van der Waals surface area contributed by atoms with Crippen LogP contribution in [0.15, 0.2) is 67.0 Å². The van der Waals surface area contributed by atoms with Gasteiger partial charge in [0.1, 0.15) is 5.75 Å². The van der Waals surface area contributed by atoms with Crippen molar-refractivity contribution in [3.63, 3.8) is 0 Å². The van der Waals surface area contributed by atoms with Crippen LogP contribution in [0.25, 0.3) is 16.8 Å². The van der Waals surface area contributed by atoms with Crippen LogP contribution in [0.2, 0.25) is 0 Å². The molecule has 4 aromatic rings. The Morgan fingerprint density at radius 3 is 2.26 bits per heavy atom. The highest BCUT2D eigenvalue weighted by Gasteiger charge is 2.51. The van der Waals surface area contributed by atoms with Crippen LogP contribution in [0.4, 0.5) is 19.0 Å². The largest absolute Gasteiger partial charge is 0.494 e. The minimum atomic E-state index is -4.67. The number of carbonyl (C=O) groups excluding carboxylic acids is 2. The molecular weight excluding hydrogens is 683 g/mol. The number of piperazine rings is 1. The van der Waals surface area contributed by atoms with Crippen LogP contribution < -0.4 is 9.64 Å². The molecule has 53 heavy (non-hydrogen) atoms. The number of ether oxygens (including phenoxy) is 1. The summed E-state index contributed by atoms with van der Waals surface area (Å²) >= 11 is 0. The second kappa shape index (κ2) is 13.8. The minimum absolute atomic E-state index is 0.0704. The van der Waals surface area contributed by atoms with Crippen LogP contribution in [0.3, 0.4) is 0 Å². The average molecular weight is 728 g/mol. The minimum Gasteiger partial charge on any atom is -0.494 e. The molecule has 278 valence electrons. The number of nitrogens with zero attached hydrogens (tertiary/aromatic N) is 7. The molecule has 2 aromatic heterocycles. The van der Waals surface area contributed by atoms with E-state index >= 15 is 0 Å². The smallest absolute Gasteiger partial charge is 0.416 e. The fourth-order valence-electron chi connectivity index (χ4n) is 9.76. The van der Waals surface area contributed by atoms with E-state index in [1.165, 1.54) is 49.3 Å². The maximum Gasteiger partial charge on any atom is 0.416 e. The summed E-state index contributed by atoms with van der Waals surface area (Å²) < 4.78 is 49.2. The number of benzene rings is 2. The van der Waals surface area contributed by atoms with Gasteiger partial charge in [0.15, 0.2) is 11.5 Å². The van der Waals surface area contributed by atoms with Crippen molar-refractivity contribution in [3.05, 3.63) is 83.8 Å². The van der Waals surface area contributed by atoms with E-state index in [1.54, 1.807) is 29.4 Å². The highest BCUT2D eigenvalue weighted by molar-refractivity contribution is 5.95. The number of anilines is 1. The Morgan fingerprint density at radius 2 is 1.62 bits per heavy atom. The maximum atomic E-state index is 14.1. The molecule has 1 aliphatic heterocycles. The van der Waals surface area contributed by atoms with E-state index in [1.807, 2.05) is 48.0 Å². The summed E-state index contributed by atoms with van der Waals surface area (Å²) in [6, 6.07) is 14.2. The van der Waals surface area contributed by atoms with Crippen molar-refractivity contribution in [1.29, 1.82) is 0 Å². The standard InChI is InChI=1S/C40H44F3N7O3/c1-3-53-34-6-4-5-29(18-34)31-23-44-50(24-31)33-17-30(16-32(19-33)40(41,42)43)37(51)49-11-9-48(10-12-49)36-8-7-35(45-46-36)38(52)47(2)25-39-20-26-13-27(21-39)15-28(14-26)22-39/h4-8,16-19,23-24,26-28H,3,9-15,20-22,25H2,1-2H3. The summed E-state index contributed by atoms with van der Waals surface area (Å²) in [6.07, 6.45) is 6.28. The second-order valence-electron chi connectivity index (χ2n) is 15.5. The Balaban J connectivity index is 0.916. The van der Waals surface area contributed by atoms with Crippen molar-refractivity contribution in [1.82, 2.24) is 29.8 Å². The first-order valence-electron chi connectivity index (χ1n) is 18.6. The summed E-state index contributed by atoms with van der Waals surface area (Å²) in [4.78, 5) is 32.4. The molecule has 10 nitrogen and oxygen atoms in total. The van der Waals surface area contributed by atoms with Crippen LogP contribution in [-0.2, 0) is 6.18 Å². The first-order valence-corrected chi connectivity index (χ1v) is 18.6. The van der Waals surface area contributed by atoms with Crippen LogP contribution in [0, 0.1) is 23.2 Å². The number of carbonyl (C=O) groups is 2. The number of hydrogen-bond donors (Lipinski definition) is 0. The normalized spacial score (nSPS) is 23.7. The van der Waals surface area contributed by atoms with Gasteiger partial charge in [-0.25, -0.2) is 4.68 Å². The number of aromatic nitrogens is 4. The second-order valence-corrected chi connectivity index (χ2v) is 15.5. The van der Waals surface area contributed by atoms with Gasteiger partial charge < -0.3 is 19.4 Å². The van der Waals surface area contributed by atoms with E-state index < -0.39 is 17.6 Å². The molecule has 2 aromatic carbocycles. The SMILES string of the molecule is CCOc1cccc(-c2cnn(-c3cc(C(=O)N4CCN(c5ccc(C(=O)N(C)CC67CC8CC(CC(C8)C6)C7)nn5)CC4)cc(C(F)(F)F)c3)c2)c1. The van der Waals surface area contributed by atoms with Gasteiger partial charge in [0.05, 0.1) is 24.1 Å². The molecule has 5 fully saturated rings. The number of rotatable bonds is 9. The van der Waals surface area contributed by atoms with Crippen LogP contribution >= 0.6 is 0 Å². The van der Waals surface area contributed by atoms with Gasteiger partial charge in [0.2, 0.25) is 0 Å². The fraction of sp³-hybridized carbons (Fsp3) is 0.475. The Bertz CT molecular complexity index is 1950. The zero-order valence-electron chi connectivity index (χ0n) is 30.1. The molecule has 2 amide bonds. The lowest BCUT2D eigenvalue weighted by molar-refractivity contribution is -0.137. The van der Waals surface area contributed by atoms with E-state index in [2.05, 4.69) is 15.3 Å². The van der Waals surface area contributed by atoms with E-state index in [9.17, 15) is 22.8 Å². The molecule has 0 spiro atoms. The molecule has 13 heteroatoms. The van der Waals surface area contributed by atoms with Crippen molar-refractivity contribution in [2.75, 3.05) is 51.3 Å². The Morgan fingerprint density at radius 1 is 0.906 bits per heavy atom. The van der Waals surface area contributed by atoms with Crippen LogP contribution in [0.5, 0.6) is 5.75 Å². The van der Waals surface area contributed by atoms with Gasteiger partial charge in [-0.15, -0.1) is 10.2 Å². The molecule has 0 N–H and O–H groups in total. The Kier molecular flexibility index (Phi) is 9.14. The van der Waals surface area contributed by atoms with E-state index in [-0.39, 0.29) is 35.7 Å². The van der Waals surface area contributed by atoms with Crippen LogP contribution in [0.1, 0.15) is 71.9 Å². The van der Waals surface area contributed by atoms with Gasteiger partial charge in [-0.05, 0) is 117 Å². The number of halogens is 3. The van der Waals surface area contributed by atoms with E-state index in [4.69, 9.17) is 4.74 Å². The van der Waals surface area contributed by atoms with Gasteiger partial charge in [0.25, 0.3) is 11.8 Å². The predicted octanol–water partition coefficient (Wildman–Crippen LogP) is 7.00. The molecule has 0 unspecified atom stereocenters. The van der Waals surface area contributed by atoms with Gasteiger partial charge in [-0.3, -0.25) is 9.59 Å². The zero-order chi connectivity index (χ0) is 36.9. The van der Waals surface area contributed by atoms with Gasteiger partial charge in [-0.2, -0.15) is 18.3 Å². The maximum absolute atomic E-state index is 14.1. The lowest BCUT2D eigenvalue weighted by Gasteiger charge is -2.57. The first kappa shape index (κ1) is 35.1. The van der Waals surface area contributed by atoms with Crippen molar-refractivity contribution in [3.8, 4) is 22.6 Å². The highest BCUT2D eigenvalue weighted by Crippen LogP contribution is 2.60. The molecule has 4 aliphatic carbocycles. The number of amides is 2. The van der Waals surface area contributed by atoms with Gasteiger partial charge >= 0.3 is 6.18 Å². The van der Waals surface area contributed by atoms with Crippen molar-refractivity contribution >= 4 is 17.6 Å². The molecule has 3 heterocycles. The molecule has 0 radical (unpaired) electrons. The number of alkyl halides is 3. The summed E-state index contributed by atoms with van der Waals surface area (Å²) in [5.41, 5.74) is 1.16. The van der Waals surface area contributed by atoms with Crippen LogP contribution in [-0.4, -0.2) is 88.0 Å². The molecule has 9 rings (SSSR count). The van der Waals surface area contributed by atoms with Crippen molar-refractivity contribution in [2.45, 2.75) is 51.6 Å². The topological polar surface area (TPSA) is 96.7 Å². The van der Waals surface area contributed by atoms with Gasteiger partial charge in [0, 0.05) is 57.1 Å². The average Bonchev–Trinajstić information content (AvgIpc) is 3.64. The molecule has 5 aliphatic rings. The fourth-order valence-corrected chi connectivity index (χ4v) is 9.76. The molecule has 4 bridgehead atoms. The quantitative estimate of drug-likeness (QED) is 0.183. The van der Waals surface area contributed by atoms with Crippen molar-refractivity contribution < 1.29 is 27.5 Å². The monoisotopic (exact) mass is 727 g/mol. The van der Waals surface area contributed by atoms with Crippen molar-refractivity contribution in [2.24, 2.45) is 23.2 Å². The van der Waals surface area contributed by atoms with Gasteiger partial charge in [-0.1, -0.05) is 12.1 Å². The summed E-state index contributed by atoms with van der Waals surface area (Å²) in [5.74, 6) is 3.07. The molecular formula is C40H44F3N7O3. The first-order chi connectivity index (χ1) is 25.4. The zero-order valence-corrected chi connectivity index (χ0v) is 30.1.